The van der Waals surface area contributed by atoms with Gasteiger partial charge in [-0.1, -0.05) is 0 Å². The monoisotopic (exact) mass is 1460 g/mol. The van der Waals surface area contributed by atoms with Crippen molar-refractivity contribution in [2.24, 2.45) is 39.4 Å². The predicted molar refractivity (Wildman–Crippen MR) is 359 cm³/mol. The molecule has 2 fully saturated rings. The molecule has 0 aliphatic carbocycles. The number of amides is 14. The fourth-order valence-corrected chi connectivity index (χ4v) is 10.8. The molecule has 42 heteroatoms. The van der Waals surface area contributed by atoms with Crippen LogP contribution in [0.15, 0.2) is 4.99 Å². The molecule has 2 aliphatic rings. The maximum Gasteiger partial charge on any atom is 0.326 e. The minimum atomic E-state index is -1.95. The highest BCUT2D eigenvalue weighted by Gasteiger charge is 2.41. The van der Waals surface area contributed by atoms with E-state index in [9.17, 15) is 102 Å². The molecule has 101 heavy (non-hydrogen) atoms. The van der Waals surface area contributed by atoms with Crippen LogP contribution in [0.3, 0.4) is 0 Å². The number of hydrogen-bond donors (Lipinski definition) is 23. The van der Waals surface area contributed by atoms with Crippen molar-refractivity contribution in [2.45, 2.75) is 208 Å². The largest absolute Gasteiger partial charge is 0.481 e. The Morgan fingerprint density at radius 1 is 0.505 bits per heavy atom. The number of carboxylic acids is 2. The third kappa shape index (κ3) is 30.7. The number of carboxylic acid groups (broad SMARTS) is 2. The Balaban J connectivity index is 2.28. The first-order valence-electron chi connectivity index (χ1n) is 33.0. The van der Waals surface area contributed by atoms with E-state index in [1.165, 1.54) is 18.7 Å². The minimum absolute atomic E-state index is 0.0454. The van der Waals surface area contributed by atoms with Crippen molar-refractivity contribution in [1.82, 2.24) is 68.3 Å². The zero-order valence-electron chi connectivity index (χ0n) is 56.8. The SMILES string of the molecule is C[C@H](N)C(=O)N1CCC[C@H]1C(=O)N[C@@H](C)C(=O)N[C@H](C(=O)N[C@@H](CO)C(=O)N[C@@H](CCC(=O)O)C(=O)NCC(=O)N[C@@H](CCC(N)=O)C(=O)N[C@@H](CO)C(=O)N[C@@H](CCCCN)C(=O)N[C@@H](CCCN=C(N)N)C(=O)N[C@@H](CS)C(=O)N[C@@H](CCCCN)C(=O)N1CCC[C@H]1C(=O)O)[C@@H](C)O. The molecule has 570 valence electrons. The molecule has 28 N–H and O–H groups in total. The van der Waals surface area contributed by atoms with Gasteiger partial charge in [0.05, 0.1) is 31.9 Å². The van der Waals surface area contributed by atoms with Crippen LogP contribution in [0.2, 0.25) is 0 Å². The van der Waals surface area contributed by atoms with Gasteiger partial charge in [-0.05, 0) is 124 Å². The molecule has 2 heterocycles. The molecular weight excluding hydrogens is 1360 g/mol. The number of thiol groups is 1. The van der Waals surface area contributed by atoms with Crippen LogP contribution >= 0.6 is 12.6 Å². The molecule has 14 atom stereocenters. The molecule has 0 radical (unpaired) electrons. The van der Waals surface area contributed by atoms with Crippen LogP contribution in [-0.2, 0) is 76.7 Å². The van der Waals surface area contributed by atoms with Crippen molar-refractivity contribution in [3.05, 3.63) is 0 Å². The van der Waals surface area contributed by atoms with E-state index in [2.05, 4.69) is 76.1 Å². The number of guanidine groups is 1. The summed E-state index contributed by atoms with van der Waals surface area (Å²) in [4.78, 5) is 218. The van der Waals surface area contributed by atoms with Crippen LogP contribution in [0.4, 0.5) is 0 Å². The number of rotatable bonds is 47. The molecule has 2 saturated heterocycles. The summed E-state index contributed by atoms with van der Waals surface area (Å²) in [6.45, 7) is 1.09. The number of carbonyl (C=O) groups excluding carboxylic acids is 14. The molecular formula is C59H102N20O21S. The van der Waals surface area contributed by atoms with E-state index in [1.54, 1.807) is 0 Å². The molecule has 0 aromatic carbocycles. The van der Waals surface area contributed by atoms with Crippen LogP contribution in [0.25, 0.3) is 0 Å². The van der Waals surface area contributed by atoms with E-state index in [0.29, 0.717) is 32.1 Å². The first-order valence-corrected chi connectivity index (χ1v) is 33.7. The second kappa shape index (κ2) is 45.6. The molecule has 41 nitrogen and oxygen atoms in total. The summed E-state index contributed by atoms with van der Waals surface area (Å²) in [5.74, 6) is -17.4. The molecule has 2 rings (SSSR count). The van der Waals surface area contributed by atoms with Crippen molar-refractivity contribution in [1.29, 1.82) is 0 Å². The van der Waals surface area contributed by atoms with Crippen LogP contribution in [0.5, 0.6) is 0 Å². The van der Waals surface area contributed by atoms with E-state index >= 15 is 0 Å². The maximum absolute atomic E-state index is 14.2. The summed E-state index contributed by atoms with van der Waals surface area (Å²) >= 11 is 4.25. The van der Waals surface area contributed by atoms with E-state index in [0.717, 1.165) is 11.8 Å². The number of aliphatic imine (C=N–C) groups is 1. The predicted octanol–water partition coefficient (Wildman–Crippen LogP) is -10.9. The second-order valence-electron chi connectivity index (χ2n) is 24.2. The third-order valence-corrected chi connectivity index (χ3v) is 16.4. The molecule has 0 unspecified atom stereocenters. The summed E-state index contributed by atoms with van der Waals surface area (Å²) in [7, 11) is 0. The summed E-state index contributed by atoms with van der Waals surface area (Å²) in [5, 5.41) is 75.8. The lowest BCUT2D eigenvalue weighted by atomic mass is 10.0. The highest BCUT2D eigenvalue weighted by molar-refractivity contribution is 7.80. The molecule has 14 amide bonds. The number of nitrogens with two attached hydrogens (primary N) is 6. The number of aliphatic hydroxyl groups is 3. The first kappa shape index (κ1) is 88.0. The van der Waals surface area contributed by atoms with E-state index in [-0.39, 0.29) is 89.4 Å². The van der Waals surface area contributed by atoms with E-state index < -0.39 is 225 Å². The van der Waals surface area contributed by atoms with Gasteiger partial charge in [0, 0.05) is 38.2 Å². The summed E-state index contributed by atoms with van der Waals surface area (Å²) in [6, 6.07) is -19.4. The summed E-state index contributed by atoms with van der Waals surface area (Å²) in [5.41, 5.74) is 33.4. The Bertz CT molecular complexity index is 2910. The minimum Gasteiger partial charge on any atom is -0.481 e. The van der Waals surface area contributed by atoms with Crippen molar-refractivity contribution in [3.8, 4) is 0 Å². The van der Waals surface area contributed by atoms with Gasteiger partial charge in [0.2, 0.25) is 82.7 Å². The molecule has 0 aromatic heterocycles. The van der Waals surface area contributed by atoms with Crippen LogP contribution in [0, 0.1) is 0 Å². The maximum atomic E-state index is 14.2. The highest BCUT2D eigenvalue weighted by Crippen LogP contribution is 2.21. The van der Waals surface area contributed by atoms with Gasteiger partial charge in [0.1, 0.15) is 72.5 Å². The van der Waals surface area contributed by atoms with Crippen molar-refractivity contribution < 1.29 is 102 Å². The lowest BCUT2D eigenvalue weighted by Gasteiger charge is -2.29. The number of hydrogen-bond acceptors (Lipinski definition) is 24. The Morgan fingerprint density at radius 3 is 1.42 bits per heavy atom. The number of nitrogens with one attached hydrogen (secondary N) is 11. The van der Waals surface area contributed by atoms with Crippen molar-refractivity contribution in [3.63, 3.8) is 0 Å². The quantitative estimate of drug-likeness (QED) is 0.0116. The van der Waals surface area contributed by atoms with Crippen LogP contribution in [0.1, 0.15) is 124 Å². The highest BCUT2D eigenvalue weighted by atomic mass is 32.1. The van der Waals surface area contributed by atoms with Gasteiger partial charge in [-0.25, -0.2) is 4.79 Å². The fraction of sp³-hybridized carbons (Fsp3) is 0.712. The van der Waals surface area contributed by atoms with E-state index in [1.807, 2.05) is 0 Å². The number of aliphatic carboxylic acids is 2. The average Bonchev–Trinajstić information content (AvgIpc) is 1.79. The van der Waals surface area contributed by atoms with Gasteiger partial charge in [-0.2, -0.15) is 12.6 Å². The number of carbonyl (C=O) groups is 16. The molecule has 0 spiro atoms. The second-order valence-corrected chi connectivity index (χ2v) is 24.6. The average molecular weight is 1460 g/mol. The smallest absolute Gasteiger partial charge is 0.326 e. The zero-order valence-corrected chi connectivity index (χ0v) is 57.7. The Kier molecular flexibility index (Phi) is 39.7. The Hall–Kier alpha value is -9.10. The van der Waals surface area contributed by atoms with E-state index in [4.69, 9.17) is 34.4 Å². The standard InChI is InChI=1S/C59H102N20O21S/c1-29(62)56(97)78-23-9-14-40(78)54(95)68-30(2)46(87)77-45(31(3)82)55(96)75-38(27-81)52(93)72-34(17-19-44(85)86)47(88)67-25-43(84)69-35(16-18-42(63)83)50(91)74-37(26-80)51(92)71-32(11-4-6-20-60)48(89)70-33(13-8-22-66-59(64)65)49(90)76-39(28-101)53(94)73-36(12-5-7-21-61)57(98)79-24-10-15-41(79)58(99)100/h29-41,45,80-82,101H,4-28,60-62H2,1-3H3,(H2,63,83)(H,67,88)(H,68,95)(H,69,84)(H,70,89)(H,71,92)(H,72,93)(H,73,94)(H,74,91)(H,75,96)(H,76,90)(H,77,87)(H,85,86)(H,99,100)(H4,64,65,66)/t29-,30-,31+,32-,33-,34-,35-,36-,37-,38-,39-,40-,41-,45-/m0/s1. The molecule has 0 bridgehead atoms. The number of nitrogens with zero attached hydrogens (tertiary/aromatic N) is 3. The van der Waals surface area contributed by atoms with Gasteiger partial charge in [0.25, 0.3) is 0 Å². The number of aliphatic hydroxyl groups excluding tert-OH is 3. The van der Waals surface area contributed by atoms with Gasteiger partial charge in [0.15, 0.2) is 5.96 Å². The van der Waals surface area contributed by atoms with Crippen LogP contribution < -0.4 is 92.9 Å². The summed E-state index contributed by atoms with van der Waals surface area (Å²) in [6.07, 6.45) is -1.87. The lowest BCUT2D eigenvalue weighted by Crippen LogP contribution is -2.61. The van der Waals surface area contributed by atoms with Crippen molar-refractivity contribution >= 4 is 113 Å². The zero-order chi connectivity index (χ0) is 76.2. The topological polar surface area (TPSA) is 682 Å². The van der Waals surface area contributed by atoms with Gasteiger partial charge in [-0.3, -0.25) is 76.9 Å². The molecule has 0 saturated carbocycles. The molecule has 0 aromatic rings. The van der Waals surface area contributed by atoms with Gasteiger partial charge < -0.3 is 128 Å². The summed E-state index contributed by atoms with van der Waals surface area (Å²) < 4.78 is 0. The van der Waals surface area contributed by atoms with Crippen LogP contribution in [-0.4, -0.2) is 279 Å². The number of primary amides is 1. The lowest BCUT2D eigenvalue weighted by molar-refractivity contribution is -0.149. The van der Waals surface area contributed by atoms with Crippen molar-refractivity contribution in [2.75, 3.05) is 58.2 Å². The third-order valence-electron chi connectivity index (χ3n) is 16.1. The Morgan fingerprint density at radius 2 is 0.941 bits per heavy atom. The number of likely N-dealkylation sites (tertiary alicyclic amines) is 2. The van der Waals surface area contributed by atoms with Gasteiger partial charge in [-0.15, -0.1) is 0 Å². The normalized spacial score (nSPS) is 17.6. The van der Waals surface area contributed by atoms with Gasteiger partial charge >= 0.3 is 11.9 Å². The Labute approximate surface area is 587 Å². The number of unbranched alkanes of at least 4 members (excludes halogenated alkanes) is 2. The first-order chi connectivity index (χ1) is 47.7. The fourth-order valence-electron chi connectivity index (χ4n) is 10.5. The molecule has 2 aliphatic heterocycles.